The fraction of sp³-hybridized carbons (Fsp3) is 0.500. The van der Waals surface area contributed by atoms with Gasteiger partial charge < -0.3 is 20.5 Å². The maximum atomic E-state index is 12.1. The number of hydrogen-bond donors (Lipinski definition) is 3. The molecule has 0 spiro atoms. The highest BCUT2D eigenvalue weighted by atomic mass is 16.5. The van der Waals surface area contributed by atoms with E-state index >= 15 is 0 Å². The van der Waals surface area contributed by atoms with E-state index in [0.717, 1.165) is 11.1 Å². The van der Waals surface area contributed by atoms with Crippen LogP contribution in [-0.2, 0) is 4.79 Å². The number of carbonyl (C=O) groups is 2. The molecule has 1 aromatic carbocycles. The van der Waals surface area contributed by atoms with Gasteiger partial charge in [-0.3, -0.25) is 4.79 Å². The van der Waals surface area contributed by atoms with Crippen LogP contribution in [0.25, 0.3) is 0 Å². The summed E-state index contributed by atoms with van der Waals surface area (Å²) in [5.41, 5.74) is 1.98. The number of nitrogens with one attached hydrogen (secondary N) is 2. The van der Waals surface area contributed by atoms with Crippen LogP contribution in [0.4, 0.5) is 10.5 Å². The number of hydrogen-bond acceptors (Lipinski definition) is 3. The van der Waals surface area contributed by atoms with Gasteiger partial charge in [0.1, 0.15) is 5.75 Å². The summed E-state index contributed by atoms with van der Waals surface area (Å²) in [5.74, 6) is -0.180. The largest absolute Gasteiger partial charge is 0.496 e. The molecule has 0 fully saturated rings. The highest BCUT2D eigenvalue weighted by Crippen LogP contribution is 2.26. The highest BCUT2D eigenvalue weighted by Gasteiger charge is 2.22. The Morgan fingerprint density at radius 3 is 2.41 bits per heavy atom. The Balaban J connectivity index is 2.74. The lowest BCUT2D eigenvalue weighted by atomic mass is 9.99. The van der Waals surface area contributed by atoms with Crippen molar-refractivity contribution >= 4 is 17.7 Å². The van der Waals surface area contributed by atoms with Crippen LogP contribution in [0.15, 0.2) is 12.1 Å². The minimum atomic E-state index is -0.880. The minimum Gasteiger partial charge on any atom is -0.496 e. The summed E-state index contributed by atoms with van der Waals surface area (Å²) in [6.45, 7) is 7.42. The molecule has 0 saturated heterocycles. The zero-order valence-electron chi connectivity index (χ0n) is 13.7. The van der Waals surface area contributed by atoms with Crippen molar-refractivity contribution in [1.29, 1.82) is 0 Å². The monoisotopic (exact) mass is 308 g/mol. The van der Waals surface area contributed by atoms with Gasteiger partial charge in [0, 0.05) is 23.7 Å². The first-order chi connectivity index (χ1) is 10.1. The molecule has 0 atom stereocenters. The number of carbonyl (C=O) groups excluding carboxylic acids is 1. The first kappa shape index (κ1) is 17.8. The second-order valence-corrected chi connectivity index (χ2v) is 5.99. The van der Waals surface area contributed by atoms with E-state index in [1.165, 1.54) is 0 Å². The van der Waals surface area contributed by atoms with Gasteiger partial charge in [-0.05, 0) is 45.2 Å². The first-order valence-corrected chi connectivity index (χ1v) is 7.11. The van der Waals surface area contributed by atoms with Crippen LogP contribution in [0.5, 0.6) is 5.75 Å². The average molecular weight is 308 g/mol. The number of carboxylic acids is 1. The van der Waals surface area contributed by atoms with Crippen molar-refractivity contribution in [2.75, 3.05) is 12.4 Å². The summed E-state index contributed by atoms with van der Waals surface area (Å²) in [5, 5.41) is 14.3. The lowest BCUT2D eigenvalue weighted by Gasteiger charge is -2.26. The molecule has 0 bridgehead atoms. The van der Waals surface area contributed by atoms with E-state index in [0.29, 0.717) is 17.9 Å². The van der Waals surface area contributed by atoms with Crippen LogP contribution in [0.1, 0.15) is 37.8 Å². The Labute approximate surface area is 130 Å². The summed E-state index contributed by atoms with van der Waals surface area (Å²) in [4.78, 5) is 22.7. The molecule has 0 aliphatic heterocycles. The zero-order chi connectivity index (χ0) is 16.9. The molecule has 122 valence electrons. The fourth-order valence-corrected chi connectivity index (χ4v) is 2.13. The Morgan fingerprint density at radius 1 is 1.23 bits per heavy atom. The predicted octanol–water partition coefficient (Wildman–Crippen LogP) is 3.08. The second kappa shape index (κ2) is 7.15. The third-order valence-electron chi connectivity index (χ3n) is 3.41. The standard InChI is InChI=1S/C16H24N2O4/c1-10-8-11(2)13(22-5)9-12(10)17-15(21)18-16(3,4)7-6-14(19)20/h8-9H,6-7H2,1-5H3,(H,19,20)(H2,17,18,21). The van der Waals surface area contributed by atoms with Crippen molar-refractivity contribution < 1.29 is 19.4 Å². The molecule has 6 nitrogen and oxygen atoms in total. The van der Waals surface area contributed by atoms with Gasteiger partial charge in [0.25, 0.3) is 0 Å². The number of amides is 2. The number of benzene rings is 1. The molecule has 0 radical (unpaired) electrons. The molecular weight excluding hydrogens is 284 g/mol. The van der Waals surface area contributed by atoms with Crippen LogP contribution < -0.4 is 15.4 Å². The zero-order valence-corrected chi connectivity index (χ0v) is 13.7. The molecule has 2 amide bonds. The number of anilines is 1. The third-order valence-corrected chi connectivity index (χ3v) is 3.41. The highest BCUT2D eigenvalue weighted by molar-refractivity contribution is 5.91. The van der Waals surface area contributed by atoms with Crippen molar-refractivity contribution in [1.82, 2.24) is 5.32 Å². The summed E-state index contributed by atoms with van der Waals surface area (Å²) in [6.07, 6.45) is 0.358. The second-order valence-electron chi connectivity index (χ2n) is 5.99. The van der Waals surface area contributed by atoms with Gasteiger partial charge in [-0.1, -0.05) is 6.07 Å². The van der Waals surface area contributed by atoms with E-state index in [9.17, 15) is 9.59 Å². The smallest absolute Gasteiger partial charge is 0.319 e. The molecule has 0 aromatic heterocycles. The van der Waals surface area contributed by atoms with Crippen LogP contribution in [0.3, 0.4) is 0 Å². The number of rotatable bonds is 6. The Morgan fingerprint density at radius 2 is 1.86 bits per heavy atom. The summed E-state index contributed by atoms with van der Waals surface area (Å²) < 4.78 is 5.25. The SMILES string of the molecule is COc1cc(NC(=O)NC(C)(C)CCC(=O)O)c(C)cc1C. The van der Waals surface area contributed by atoms with Crippen LogP contribution in [0, 0.1) is 13.8 Å². The number of ether oxygens (including phenoxy) is 1. The van der Waals surface area contributed by atoms with Crippen LogP contribution in [0.2, 0.25) is 0 Å². The Bertz CT molecular complexity index is 568. The van der Waals surface area contributed by atoms with E-state index in [2.05, 4.69) is 10.6 Å². The molecule has 0 aliphatic rings. The molecule has 22 heavy (non-hydrogen) atoms. The first-order valence-electron chi connectivity index (χ1n) is 7.11. The van der Waals surface area contributed by atoms with Gasteiger partial charge >= 0.3 is 12.0 Å². The Kier molecular flexibility index (Phi) is 5.79. The maximum absolute atomic E-state index is 12.1. The molecular formula is C16H24N2O4. The molecule has 0 aliphatic carbocycles. The number of aliphatic carboxylic acids is 1. The minimum absolute atomic E-state index is 0.00463. The third kappa shape index (κ3) is 5.27. The van der Waals surface area contributed by atoms with Crippen LogP contribution in [-0.4, -0.2) is 29.8 Å². The summed E-state index contributed by atoms with van der Waals surface area (Å²) >= 11 is 0. The van der Waals surface area contributed by atoms with Gasteiger partial charge in [0.05, 0.1) is 7.11 Å². The van der Waals surface area contributed by atoms with Crippen molar-refractivity contribution in [2.24, 2.45) is 0 Å². The molecule has 1 rings (SSSR count). The molecule has 6 heteroatoms. The van der Waals surface area contributed by atoms with E-state index in [4.69, 9.17) is 9.84 Å². The topological polar surface area (TPSA) is 87.7 Å². The van der Waals surface area contributed by atoms with Crippen molar-refractivity contribution in [3.63, 3.8) is 0 Å². The van der Waals surface area contributed by atoms with E-state index in [1.54, 1.807) is 27.0 Å². The predicted molar refractivity (Wildman–Crippen MR) is 85.6 cm³/mol. The fourth-order valence-electron chi connectivity index (χ4n) is 2.13. The number of urea groups is 1. The number of aryl methyl sites for hydroxylation is 2. The Hall–Kier alpha value is -2.24. The summed E-state index contributed by atoms with van der Waals surface area (Å²) in [6, 6.07) is 3.34. The molecule has 0 saturated carbocycles. The van der Waals surface area contributed by atoms with Crippen molar-refractivity contribution in [3.05, 3.63) is 23.3 Å². The lowest BCUT2D eigenvalue weighted by molar-refractivity contribution is -0.137. The molecule has 1 aromatic rings. The molecule has 0 unspecified atom stereocenters. The maximum Gasteiger partial charge on any atom is 0.319 e. The van der Waals surface area contributed by atoms with Gasteiger partial charge in [0.15, 0.2) is 0 Å². The quantitative estimate of drug-likeness (QED) is 0.753. The molecule has 0 heterocycles. The van der Waals surface area contributed by atoms with Gasteiger partial charge in [0.2, 0.25) is 0 Å². The van der Waals surface area contributed by atoms with Crippen LogP contribution >= 0.6 is 0 Å². The van der Waals surface area contributed by atoms with Gasteiger partial charge in [-0.25, -0.2) is 4.79 Å². The normalized spacial score (nSPS) is 11.0. The van der Waals surface area contributed by atoms with E-state index in [-0.39, 0.29) is 12.5 Å². The van der Waals surface area contributed by atoms with E-state index in [1.807, 2.05) is 19.9 Å². The lowest BCUT2D eigenvalue weighted by Crippen LogP contribution is -2.45. The molecule has 3 N–H and O–H groups in total. The van der Waals surface area contributed by atoms with Gasteiger partial charge in [-0.15, -0.1) is 0 Å². The number of carboxylic acid groups (broad SMARTS) is 1. The van der Waals surface area contributed by atoms with Crippen molar-refractivity contribution in [3.8, 4) is 5.75 Å². The van der Waals surface area contributed by atoms with E-state index < -0.39 is 11.5 Å². The van der Waals surface area contributed by atoms with Gasteiger partial charge in [-0.2, -0.15) is 0 Å². The average Bonchev–Trinajstić information content (AvgIpc) is 2.39. The van der Waals surface area contributed by atoms with Crippen molar-refractivity contribution in [2.45, 2.75) is 46.1 Å². The number of methoxy groups -OCH3 is 1. The summed E-state index contributed by atoms with van der Waals surface area (Å²) in [7, 11) is 1.58.